The van der Waals surface area contributed by atoms with Crippen molar-refractivity contribution in [3.63, 3.8) is 0 Å². The summed E-state index contributed by atoms with van der Waals surface area (Å²) in [6, 6.07) is 7.08. The summed E-state index contributed by atoms with van der Waals surface area (Å²) in [5, 5.41) is 3.57. The summed E-state index contributed by atoms with van der Waals surface area (Å²) in [5.74, 6) is 0.229. The van der Waals surface area contributed by atoms with E-state index in [9.17, 15) is 9.59 Å². The topological polar surface area (TPSA) is 96.0 Å². The zero-order chi connectivity index (χ0) is 25.6. The molecule has 0 spiro atoms. The number of ether oxygens (including phenoxy) is 4. The van der Waals surface area contributed by atoms with Crippen molar-refractivity contribution in [3.8, 4) is 5.75 Å². The number of rotatable bonds is 10. The van der Waals surface area contributed by atoms with Crippen molar-refractivity contribution in [1.82, 2.24) is 10.3 Å². The van der Waals surface area contributed by atoms with Crippen LogP contribution in [0.2, 0.25) is 0 Å². The molecule has 0 unspecified atom stereocenters. The molecule has 1 N–H and O–H groups in total. The average molecular weight is 475 g/mol. The van der Waals surface area contributed by atoms with E-state index < -0.39 is 28.8 Å². The van der Waals surface area contributed by atoms with Gasteiger partial charge in [-0.2, -0.15) is 0 Å². The predicted octanol–water partition coefficient (Wildman–Crippen LogP) is 5.28. The number of carbonyl (C=O) groups excluding carboxylic acids is 2. The lowest BCUT2D eigenvalue weighted by Gasteiger charge is -2.31. The van der Waals surface area contributed by atoms with E-state index in [2.05, 4.69) is 10.3 Å². The molecule has 0 radical (unpaired) electrons. The molecular weight excluding hydrogens is 436 g/mol. The van der Waals surface area contributed by atoms with Crippen LogP contribution in [0.3, 0.4) is 0 Å². The maximum Gasteiger partial charge on any atom is 0.408 e. The largest absolute Gasteiger partial charge is 0.493 e. The zero-order valence-corrected chi connectivity index (χ0v) is 21.6. The summed E-state index contributed by atoms with van der Waals surface area (Å²) in [4.78, 5) is 28.4. The first-order valence-electron chi connectivity index (χ1n) is 11.5. The highest BCUT2D eigenvalue weighted by atomic mass is 16.6. The van der Waals surface area contributed by atoms with Crippen LogP contribution in [0.5, 0.6) is 5.75 Å². The van der Waals surface area contributed by atoms with Gasteiger partial charge in [0.25, 0.3) is 0 Å². The Morgan fingerprint density at radius 2 is 1.68 bits per heavy atom. The molecule has 1 aromatic carbocycles. The van der Waals surface area contributed by atoms with E-state index in [4.69, 9.17) is 18.9 Å². The maximum atomic E-state index is 12.0. The number of methoxy groups -OCH3 is 1. The zero-order valence-electron chi connectivity index (χ0n) is 21.6. The van der Waals surface area contributed by atoms with Gasteiger partial charge in [-0.1, -0.05) is 0 Å². The number of fused-ring (bicyclic) bond motifs is 1. The summed E-state index contributed by atoms with van der Waals surface area (Å²) < 4.78 is 22.2. The summed E-state index contributed by atoms with van der Waals surface area (Å²) in [6.45, 7) is 14.3. The summed E-state index contributed by atoms with van der Waals surface area (Å²) >= 11 is 0. The molecule has 0 atom stereocenters. The van der Waals surface area contributed by atoms with E-state index >= 15 is 0 Å². The maximum absolute atomic E-state index is 12.0. The smallest absolute Gasteiger partial charge is 0.408 e. The standard InChI is InChI=1S/C26H38N2O6/c1-24(2,3)34-23(30)28-25(4,5)12-16-33-26(6,7)13-15-32-18-9-10-21-20(17-18)19(11-14-27-21)22(29)31-8/h9-11,14,17H,12-13,15-16H2,1-8H3,(H,28,30). The van der Waals surface area contributed by atoms with E-state index in [0.29, 0.717) is 48.3 Å². The molecule has 8 nitrogen and oxygen atoms in total. The SMILES string of the molecule is COC(=O)c1ccnc2ccc(OCCC(C)(C)OCCC(C)(C)NC(=O)OC(C)(C)C)cc12. The van der Waals surface area contributed by atoms with Crippen molar-refractivity contribution < 1.29 is 28.5 Å². The molecule has 1 heterocycles. The Morgan fingerprint density at radius 1 is 0.971 bits per heavy atom. The lowest BCUT2D eigenvalue weighted by atomic mass is 10.0. The molecule has 0 fully saturated rings. The van der Waals surface area contributed by atoms with Crippen molar-refractivity contribution in [2.45, 2.75) is 78.0 Å². The molecule has 0 saturated heterocycles. The highest BCUT2D eigenvalue weighted by Crippen LogP contribution is 2.24. The Morgan fingerprint density at radius 3 is 2.32 bits per heavy atom. The predicted molar refractivity (Wildman–Crippen MR) is 131 cm³/mol. The number of pyridine rings is 1. The normalized spacial score (nSPS) is 12.4. The second-order valence-corrected chi connectivity index (χ2v) is 10.5. The molecule has 0 aliphatic carbocycles. The Balaban J connectivity index is 1.85. The molecule has 0 saturated carbocycles. The van der Waals surface area contributed by atoms with Crippen LogP contribution in [-0.4, -0.2) is 54.1 Å². The van der Waals surface area contributed by atoms with Crippen molar-refractivity contribution in [2.24, 2.45) is 0 Å². The van der Waals surface area contributed by atoms with Gasteiger partial charge in [0.15, 0.2) is 0 Å². The lowest BCUT2D eigenvalue weighted by molar-refractivity contribution is -0.0377. The third-order valence-corrected chi connectivity index (χ3v) is 5.15. The lowest BCUT2D eigenvalue weighted by Crippen LogP contribution is -2.46. The Kier molecular flexibility index (Phi) is 8.89. The van der Waals surface area contributed by atoms with Crippen molar-refractivity contribution in [2.75, 3.05) is 20.3 Å². The van der Waals surface area contributed by atoms with Crippen LogP contribution < -0.4 is 10.1 Å². The van der Waals surface area contributed by atoms with Crippen molar-refractivity contribution in [3.05, 3.63) is 36.0 Å². The molecule has 34 heavy (non-hydrogen) atoms. The van der Waals surface area contributed by atoms with Gasteiger partial charge in [0.05, 0.1) is 30.4 Å². The second kappa shape index (κ2) is 11.0. The summed E-state index contributed by atoms with van der Waals surface area (Å²) in [6.07, 6.45) is 2.43. The van der Waals surface area contributed by atoms with Gasteiger partial charge >= 0.3 is 12.1 Å². The van der Waals surface area contributed by atoms with E-state index in [1.54, 1.807) is 18.3 Å². The molecule has 188 valence electrons. The average Bonchev–Trinajstić information content (AvgIpc) is 2.70. The minimum absolute atomic E-state index is 0.414. The molecule has 2 aromatic rings. The number of amides is 1. The number of hydrogen-bond donors (Lipinski definition) is 1. The minimum Gasteiger partial charge on any atom is -0.493 e. The van der Waals surface area contributed by atoms with Crippen LogP contribution in [0.1, 0.15) is 71.7 Å². The molecule has 0 aliphatic heterocycles. The summed E-state index contributed by atoms with van der Waals surface area (Å²) in [5.41, 5.74) is -0.282. The Bertz CT molecular complexity index is 994. The highest BCUT2D eigenvalue weighted by molar-refractivity contribution is 6.03. The fraction of sp³-hybridized carbons (Fsp3) is 0.577. The number of aromatic nitrogens is 1. The first kappa shape index (κ1) is 27.4. The molecular formula is C26H38N2O6. The van der Waals surface area contributed by atoms with Gasteiger partial charge in [0, 0.05) is 30.1 Å². The number of benzene rings is 1. The molecule has 8 heteroatoms. The number of nitrogens with one attached hydrogen (secondary N) is 1. The Hall–Kier alpha value is -2.87. The second-order valence-electron chi connectivity index (χ2n) is 10.5. The van der Waals surface area contributed by atoms with E-state index in [1.165, 1.54) is 7.11 Å². The van der Waals surface area contributed by atoms with Gasteiger partial charge in [-0.05, 0) is 79.2 Å². The van der Waals surface area contributed by atoms with Crippen LogP contribution >= 0.6 is 0 Å². The van der Waals surface area contributed by atoms with Gasteiger partial charge < -0.3 is 24.3 Å². The minimum atomic E-state index is -0.541. The Labute approximate surface area is 202 Å². The first-order valence-corrected chi connectivity index (χ1v) is 11.5. The molecule has 0 bridgehead atoms. The third kappa shape index (κ3) is 8.82. The van der Waals surface area contributed by atoms with Gasteiger partial charge in [0.1, 0.15) is 11.4 Å². The molecule has 1 amide bonds. The number of hydrogen-bond acceptors (Lipinski definition) is 7. The third-order valence-electron chi connectivity index (χ3n) is 5.15. The number of alkyl carbamates (subject to hydrolysis) is 1. The quantitative estimate of drug-likeness (QED) is 0.468. The van der Waals surface area contributed by atoms with Gasteiger partial charge in [0.2, 0.25) is 0 Å². The van der Waals surface area contributed by atoms with Gasteiger partial charge in [-0.3, -0.25) is 4.98 Å². The van der Waals surface area contributed by atoms with Crippen LogP contribution in [-0.2, 0) is 14.2 Å². The number of nitrogens with zero attached hydrogens (tertiary/aromatic N) is 1. The monoisotopic (exact) mass is 474 g/mol. The molecule has 1 aromatic heterocycles. The fourth-order valence-electron chi connectivity index (χ4n) is 3.21. The fourth-order valence-corrected chi connectivity index (χ4v) is 3.21. The van der Waals surface area contributed by atoms with E-state index in [0.717, 1.165) is 0 Å². The van der Waals surface area contributed by atoms with E-state index in [1.807, 2.05) is 60.6 Å². The summed E-state index contributed by atoms with van der Waals surface area (Å²) in [7, 11) is 1.35. The number of carbonyl (C=O) groups is 2. The molecule has 2 rings (SSSR count). The van der Waals surface area contributed by atoms with Gasteiger partial charge in [-0.15, -0.1) is 0 Å². The van der Waals surface area contributed by atoms with Crippen molar-refractivity contribution >= 4 is 23.0 Å². The van der Waals surface area contributed by atoms with Crippen LogP contribution in [0, 0.1) is 0 Å². The first-order chi connectivity index (χ1) is 15.7. The van der Waals surface area contributed by atoms with Crippen LogP contribution in [0.15, 0.2) is 30.5 Å². The van der Waals surface area contributed by atoms with E-state index in [-0.39, 0.29) is 0 Å². The molecule has 0 aliphatic rings. The number of esters is 1. The van der Waals surface area contributed by atoms with Crippen molar-refractivity contribution in [1.29, 1.82) is 0 Å². The van der Waals surface area contributed by atoms with Crippen LogP contribution in [0.25, 0.3) is 10.9 Å². The highest BCUT2D eigenvalue weighted by Gasteiger charge is 2.26. The van der Waals surface area contributed by atoms with Crippen LogP contribution in [0.4, 0.5) is 4.79 Å². The van der Waals surface area contributed by atoms with Gasteiger partial charge in [-0.25, -0.2) is 9.59 Å².